The minimum atomic E-state index is -1.08. The summed E-state index contributed by atoms with van der Waals surface area (Å²) in [7, 11) is 0. The summed E-state index contributed by atoms with van der Waals surface area (Å²) in [4.78, 5) is 27.6. The van der Waals surface area contributed by atoms with E-state index in [2.05, 4.69) is 0 Å². The summed E-state index contributed by atoms with van der Waals surface area (Å²) in [5.74, 6) is -1.42. The molecule has 98 valence electrons. The zero-order valence-electron chi connectivity index (χ0n) is 10.4. The maximum Gasteiger partial charge on any atom is 0.339 e. The first-order valence-corrected chi connectivity index (χ1v) is 5.59. The number of hydrogen-bond donors (Lipinski definition) is 1. The number of carbonyl (C=O) groups is 2. The van der Waals surface area contributed by atoms with Crippen LogP contribution in [0.25, 0.3) is 0 Å². The summed E-state index contributed by atoms with van der Waals surface area (Å²) in [6, 6.07) is 6.66. The molecule has 1 aromatic carbocycles. The van der Waals surface area contributed by atoms with Gasteiger partial charge in [-0.15, -0.1) is 0 Å². The van der Waals surface area contributed by atoms with Crippen molar-refractivity contribution >= 4 is 17.5 Å². The first kappa shape index (κ1) is 14.0. The van der Waals surface area contributed by atoms with E-state index in [1.807, 2.05) is 6.92 Å². The molecule has 0 aliphatic heterocycles. The van der Waals surface area contributed by atoms with Crippen molar-refractivity contribution in [3.05, 3.63) is 24.3 Å². The Morgan fingerprint density at radius 3 is 2.56 bits per heavy atom. The van der Waals surface area contributed by atoms with E-state index in [0.717, 1.165) is 5.06 Å². The average Bonchev–Trinajstić information content (AvgIpc) is 2.36. The SMILES string of the molecule is CCOc1cccc(N(OCC)C(=O)C(N)=O)c1. The van der Waals surface area contributed by atoms with Crippen LogP contribution in [0.15, 0.2) is 24.3 Å². The molecule has 0 radical (unpaired) electrons. The van der Waals surface area contributed by atoms with Crippen LogP contribution in [0.3, 0.4) is 0 Å². The Kier molecular flexibility index (Phi) is 5.13. The summed E-state index contributed by atoms with van der Waals surface area (Å²) in [6.07, 6.45) is 0. The number of ether oxygens (including phenoxy) is 1. The van der Waals surface area contributed by atoms with Crippen LogP contribution in [0.1, 0.15) is 13.8 Å². The van der Waals surface area contributed by atoms with Crippen LogP contribution >= 0.6 is 0 Å². The monoisotopic (exact) mass is 252 g/mol. The lowest BCUT2D eigenvalue weighted by Crippen LogP contribution is -2.40. The minimum absolute atomic E-state index is 0.234. The normalized spacial score (nSPS) is 9.89. The molecule has 0 heterocycles. The Morgan fingerprint density at radius 1 is 1.28 bits per heavy atom. The molecule has 1 aromatic rings. The van der Waals surface area contributed by atoms with Gasteiger partial charge in [-0.3, -0.25) is 14.4 Å². The number of hydroxylamine groups is 1. The maximum absolute atomic E-state index is 11.6. The molecule has 6 nitrogen and oxygen atoms in total. The van der Waals surface area contributed by atoms with E-state index in [0.29, 0.717) is 18.0 Å². The lowest BCUT2D eigenvalue weighted by atomic mass is 10.3. The predicted molar refractivity (Wildman–Crippen MR) is 65.9 cm³/mol. The highest BCUT2D eigenvalue weighted by molar-refractivity contribution is 6.39. The van der Waals surface area contributed by atoms with E-state index in [9.17, 15) is 9.59 Å². The Morgan fingerprint density at radius 2 is 2.00 bits per heavy atom. The molecule has 0 saturated carbocycles. The van der Waals surface area contributed by atoms with Gasteiger partial charge >= 0.3 is 11.8 Å². The van der Waals surface area contributed by atoms with E-state index < -0.39 is 11.8 Å². The smallest absolute Gasteiger partial charge is 0.339 e. The molecule has 0 atom stereocenters. The van der Waals surface area contributed by atoms with E-state index in [1.165, 1.54) is 0 Å². The highest BCUT2D eigenvalue weighted by atomic mass is 16.7. The number of nitrogens with zero attached hydrogens (tertiary/aromatic N) is 1. The quantitative estimate of drug-likeness (QED) is 0.622. The molecule has 2 N–H and O–H groups in total. The zero-order valence-corrected chi connectivity index (χ0v) is 10.4. The number of nitrogens with two attached hydrogens (primary N) is 1. The fraction of sp³-hybridized carbons (Fsp3) is 0.333. The molecule has 6 heteroatoms. The second-order valence-electron chi connectivity index (χ2n) is 3.31. The van der Waals surface area contributed by atoms with Crippen molar-refractivity contribution in [3.63, 3.8) is 0 Å². The summed E-state index contributed by atoms with van der Waals surface area (Å²) < 4.78 is 5.31. The summed E-state index contributed by atoms with van der Waals surface area (Å²) >= 11 is 0. The van der Waals surface area contributed by atoms with E-state index in [4.69, 9.17) is 15.3 Å². The number of rotatable bonds is 5. The standard InChI is InChI=1S/C12H16N2O4/c1-3-17-10-7-5-6-9(8-10)14(18-4-2)12(16)11(13)15/h5-8H,3-4H2,1-2H3,(H2,13,15). The van der Waals surface area contributed by atoms with Crippen molar-refractivity contribution in [1.29, 1.82) is 0 Å². The van der Waals surface area contributed by atoms with Gasteiger partial charge in [-0.25, -0.2) is 0 Å². The Hall–Kier alpha value is -2.08. The Labute approximate surface area is 105 Å². The average molecular weight is 252 g/mol. The fourth-order valence-electron chi connectivity index (χ4n) is 1.35. The third kappa shape index (κ3) is 3.46. The van der Waals surface area contributed by atoms with Crippen LogP contribution < -0.4 is 15.5 Å². The highest BCUT2D eigenvalue weighted by Gasteiger charge is 2.22. The second-order valence-corrected chi connectivity index (χ2v) is 3.31. The first-order chi connectivity index (χ1) is 8.60. The molecule has 1 rings (SSSR count). The fourth-order valence-corrected chi connectivity index (χ4v) is 1.35. The topological polar surface area (TPSA) is 81.9 Å². The van der Waals surface area contributed by atoms with Gasteiger partial charge in [0.1, 0.15) is 5.75 Å². The lowest BCUT2D eigenvalue weighted by molar-refractivity contribution is -0.140. The summed E-state index contributed by atoms with van der Waals surface area (Å²) in [5.41, 5.74) is 5.35. The van der Waals surface area contributed by atoms with Crippen LogP contribution in [-0.2, 0) is 14.4 Å². The molecule has 18 heavy (non-hydrogen) atoms. The third-order valence-corrected chi connectivity index (χ3v) is 2.02. The van der Waals surface area contributed by atoms with Gasteiger partial charge in [-0.1, -0.05) is 6.07 Å². The number of primary amides is 1. The summed E-state index contributed by atoms with van der Waals surface area (Å²) in [6.45, 7) is 4.29. The molecule has 0 bridgehead atoms. The number of hydrogen-bond acceptors (Lipinski definition) is 4. The molecular weight excluding hydrogens is 236 g/mol. The lowest BCUT2D eigenvalue weighted by Gasteiger charge is -2.20. The molecule has 0 unspecified atom stereocenters. The van der Waals surface area contributed by atoms with Crippen molar-refractivity contribution < 1.29 is 19.2 Å². The number of carbonyl (C=O) groups excluding carboxylic acids is 2. The largest absolute Gasteiger partial charge is 0.494 e. The van der Waals surface area contributed by atoms with E-state index >= 15 is 0 Å². The van der Waals surface area contributed by atoms with Gasteiger partial charge in [-0.2, -0.15) is 5.06 Å². The molecule has 0 spiro atoms. The van der Waals surface area contributed by atoms with E-state index in [1.54, 1.807) is 31.2 Å². The van der Waals surface area contributed by atoms with Crippen molar-refractivity contribution in [3.8, 4) is 5.75 Å². The van der Waals surface area contributed by atoms with Crippen LogP contribution in [-0.4, -0.2) is 25.0 Å². The number of anilines is 1. The van der Waals surface area contributed by atoms with Crippen LogP contribution in [0, 0.1) is 0 Å². The van der Waals surface area contributed by atoms with Crippen molar-refractivity contribution in [2.45, 2.75) is 13.8 Å². The van der Waals surface area contributed by atoms with Gasteiger partial charge in [0, 0.05) is 6.07 Å². The van der Waals surface area contributed by atoms with Crippen molar-refractivity contribution in [2.75, 3.05) is 18.3 Å². The molecule has 0 aliphatic rings. The maximum atomic E-state index is 11.6. The Balaban J connectivity index is 3.01. The molecule has 0 aliphatic carbocycles. The van der Waals surface area contributed by atoms with Crippen LogP contribution in [0.2, 0.25) is 0 Å². The van der Waals surface area contributed by atoms with Crippen molar-refractivity contribution in [1.82, 2.24) is 0 Å². The van der Waals surface area contributed by atoms with Gasteiger partial charge in [0.05, 0.1) is 18.9 Å². The van der Waals surface area contributed by atoms with Gasteiger partial charge in [0.15, 0.2) is 0 Å². The summed E-state index contributed by atoms with van der Waals surface area (Å²) in [5, 5.41) is 0.866. The third-order valence-electron chi connectivity index (χ3n) is 2.02. The second kappa shape index (κ2) is 6.61. The first-order valence-electron chi connectivity index (χ1n) is 5.59. The van der Waals surface area contributed by atoms with Gasteiger partial charge in [0.2, 0.25) is 0 Å². The predicted octanol–water partition coefficient (Wildman–Crippen LogP) is 0.855. The highest BCUT2D eigenvalue weighted by Crippen LogP contribution is 2.21. The van der Waals surface area contributed by atoms with Crippen LogP contribution in [0.4, 0.5) is 5.69 Å². The number of amides is 2. The molecular formula is C12H16N2O4. The van der Waals surface area contributed by atoms with Gasteiger partial charge in [-0.05, 0) is 26.0 Å². The minimum Gasteiger partial charge on any atom is -0.494 e. The van der Waals surface area contributed by atoms with Gasteiger partial charge in [0.25, 0.3) is 0 Å². The number of benzene rings is 1. The zero-order chi connectivity index (χ0) is 13.5. The van der Waals surface area contributed by atoms with Crippen LogP contribution in [0.5, 0.6) is 5.75 Å². The molecule has 0 aromatic heterocycles. The van der Waals surface area contributed by atoms with Gasteiger partial charge < -0.3 is 10.5 Å². The molecule has 0 fully saturated rings. The molecule has 0 saturated heterocycles. The van der Waals surface area contributed by atoms with Crippen molar-refractivity contribution in [2.24, 2.45) is 5.73 Å². The molecule has 2 amide bonds. The van der Waals surface area contributed by atoms with E-state index in [-0.39, 0.29) is 6.61 Å². The Bertz CT molecular complexity index is 434.